The van der Waals surface area contributed by atoms with E-state index in [0.717, 1.165) is 5.56 Å². The van der Waals surface area contributed by atoms with E-state index in [1.54, 1.807) is 26.2 Å². The van der Waals surface area contributed by atoms with Crippen LogP contribution in [0.1, 0.15) is 29.4 Å². The largest absolute Gasteiger partial charge is 0.496 e. The zero-order valence-corrected chi connectivity index (χ0v) is 12.6. The highest BCUT2D eigenvalue weighted by atomic mass is 16.5. The maximum atomic E-state index is 12.0. The van der Waals surface area contributed by atoms with Gasteiger partial charge in [0.1, 0.15) is 11.8 Å². The van der Waals surface area contributed by atoms with Crippen molar-refractivity contribution in [3.63, 3.8) is 0 Å². The van der Waals surface area contributed by atoms with Gasteiger partial charge < -0.3 is 19.0 Å². The molecule has 1 N–H and O–H groups in total. The van der Waals surface area contributed by atoms with Gasteiger partial charge in [0, 0.05) is 0 Å². The lowest BCUT2D eigenvalue weighted by Gasteiger charge is -2.07. The summed E-state index contributed by atoms with van der Waals surface area (Å²) in [5.74, 6) is 1.22. The van der Waals surface area contributed by atoms with Gasteiger partial charge in [-0.05, 0) is 31.2 Å². The summed E-state index contributed by atoms with van der Waals surface area (Å²) in [6, 6.07) is 10.1. The molecule has 2 aromatic heterocycles. The van der Waals surface area contributed by atoms with Gasteiger partial charge in [0.2, 0.25) is 11.7 Å². The lowest BCUT2D eigenvalue weighted by Crippen LogP contribution is -2.26. The number of para-hydroxylation sites is 1. The fraction of sp³-hybridized carbons (Fsp3) is 0.188. The summed E-state index contributed by atoms with van der Waals surface area (Å²) in [4.78, 5) is 16.3. The first-order chi connectivity index (χ1) is 11.2. The van der Waals surface area contributed by atoms with Crippen LogP contribution in [-0.2, 0) is 0 Å². The molecule has 0 fully saturated rings. The number of methoxy groups -OCH3 is 1. The van der Waals surface area contributed by atoms with Crippen LogP contribution in [0.2, 0.25) is 0 Å². The number of amides is 1. The van der Waals surface area contributed by atoms with Crippen LogP contribution in [0, 0.1) is 0 Å². The first kappa shape index (κ1) is 14.8. The van der Waals surface area contributed by atoms with E-state index >= 15 is 0 Å². The Morgan fingerprint density at radius 2 is 2.09 bits per heavy atom. The summed E-state index contributed by atoms with van der Waals surface area (Å²) in [5, 5.41) is 6.68. The van der Waals surface area contributed by atoms with E-state index in [1.807, 2.05) is 24.3 Å². The third kappa shape index (κ3) is 3.08. The molecule has 118 valence electrons. The molecule has 7 nitrogen and oxygen atoms in total. The van der Waals surface area contributed by atoms with Crippen LogP contribution in [-0.4, -0.2) is 23.2 Å². The smallest absolute Gasteiger partial charge is 0.287 e. The van der Waals surface area contributed by atoms with Crippen LogP contribution >= 0.6 is 0 Å². The Balaban J connectivity index is 1.77. The van der Waals surface area contributed by atoms with Crippen molar-refractivity contribution in [3.05, 3.63) is 54.3 Å². The molecule has 0 radical (unpaired) electrons. The third-order valence-electron chi connectivity index (χ3n) is 3.25. The van der Waals surface area contributed by atoms with E-state index in [2.05, 4.69) is 15.5 Å². The number of hydrogen-bond donors (Lipinski definition) is 1. The molecule has 1 amide bonds. The number of furan rings is 1. The second-order valence-electron chi connectivity index (χ2n) is 4.83. The van der Waals surface area contributed by atoms with E-state index < -0.39 is 6.04 Å². The zero-order chi connectivity index (χ0) is 16.2. The molecule has 0 saturated carbocycles. The van der Waals surface area contributed by atoms with Gasteiger partial charge in [-0.25, -0.2) is 0 Å². The van der Waals surface area contributed by atoms with Crippen LogP contribution in [0.5, 0.6) is 5.75 Å². The lowest BCUT2D eigenvalue weighted by atomic mass is 10.2. The number of benzene rings is 1. The third-order valence-corrected chi connectivity index (χ3v) is 3.25. The molecule has 0 bridgehead atoms. The van der Waals surface area contributed by atoms with Crippen molar-refractivity contribution in [2.45, 2.75) is 13.0 Å². The molecule has 0 aliphatic heterocycles. The topological polar surface area (TPSA) is 90.4 Å². The standard InChI is InChI=1S/C16H15N3O4/c1-10(17-15(20)13-8-5-9-22-13)16-18-14(19-23-16)11-6-3-4-7-12(11)21-2/h3-10H,1-2H3,(H,17,20)/t10-/m1/s1. The van der Waals surface area contributed by atoms with Gasteiger partial charge in [-0.2, -0.15) is 4.98 Å². The molecule has 1 aromatic carbocycles. The van der Waals surface area contributed by atoms with Crippen LogP contribution in [0.15, 0.2) is 51.6 Å². The zero-order valence-electron chi connectivity index (χ0n) is 12.6. The Kier molecular flexibility index (Phi) is 4.09. The average molecular weight is 313 g/mol. The van der Waals surface area contributed by atoms with Gasteiger partial charge in [0.25, 0.3) is 5.91 Å². The number of ether oxygens (including phenoxy) is 1. The van der Waals surface area contributed by atoms with Crippen molar-refractivity contribution in [2.24, 2.45) is 0 Å². The molecule has 0 spiro atoms. The summed E-state index contributed by atoms with van der Waals surface area (Å²) in [7, 11) is 1.58. The maximum absolute atomic E-state index is 12.0. The first-order valence-corrected chi connectivity index (χ1v) is 7.00. The SMILES string of the molecule is COc1ccccc1-c1noc([C@@H](C)NC(=O)c2ccco2)n1. The highest BCUT2D eigenvalue weighted by Crippen LogP contribution is 2.27. The van der Waals surface area contributed by atoms with E-state index in [-0.39, 0.29) is 11.7 Å². The van der Waals surface area contributed by atoms with E-state index in [4.69, 9.17) is 13.7 Å². The molecule has 0 aliphatic carbocycles. The minimum Gasteiger partial charge on any atom is -0.496 e. The number of carbonyl (C=O) groups excluding carboxylic acids is 1. The Morgan fingerprint density at radius 1 is 1.26 bits per heavy atom. The van der Waals surface area contributed by atoms with Crippen molar-refractivity contribution in [1.29, 1.82) is 0 Å². The summed E-state index contributed by atoms with van der Waals surface area (Å²) >= 11 is 0. The fourth-order valence-electron chi connectivity index (χ4n) is 2.09. The number of hydrogen-bond acceptors (Lipinski definition) is 6. The minimum absolute atomic E-state index is 0.223. The van der Waals surface area contributed by atoms with Gasteiger partial charge in [-0.15, -0.1) is 0 Å². The monoisotopic (exact) mass is 313 g/mol. The molecule has 3 aromatic rings. The van der Waals surface area contributed by atoms with E-state index in [1.165, 1.54) is 6.26 Å². The number of rotatable bonds is 5. The molecule has 0 saturated heterocycles. The van der Waals surface area contributed by atoms with Gasteiger partial charge in [0.05, 0.1) is 18.9 Å². The van der Waals surface area contributed by atoms with E-state index in [9.17, 15) is 4.79 Å². The molecule has 23 heavy (non-hydrogen) atoms. The second-order valence-corrected chi connectivity index (χ2v) is 4.83. The molecule has 2 heterocycles. The lowest BCUT2D eigenvalue weighted by molar-refractivity contribution is 0.0904. The highest BCUT2D eigenvalue weighted by molar-refractivity contribution is 5.91. The normalized spacial score (nSPS) is 11.9. The van der Waals surface area contributed by atoms with Crippen molar-refractivity contribution in [1.82, 2.24) is 15.5 Å². The van der Waals surface area contributed by atoms with Gasteiger partial charge in [-0.3, -0.25) is 4.79 Å². The predicted octanol–water partition coefficient (Wildman–Crippen LogP) is 2.83. The minimum atomic E-state index is -0.455. The van der Waals surface area contributed by atoms with Crippen molar-refractivity contribution >= 4 is 5.91 Å². The van der Waals surface area contributed by atoms with Crippen molar-refractivity contribution in [3.8, 4) is 17.1 Å². The second kappa shape index (κ2) is 6.35. The molecule has 7 heteroatoms. The highest BCUT2D eigenvalue weighted by Gasteiger charge is 2.20. The predicted molar refractivity (Wildman–Crippen MR) is 80.9 cm³/mol. The van der Waals surface area contributed by atoms with Crippen molar-refractivity contribution in [2.75, 3.05) is 7.11 Å². The molecular formula is C16H15N3O4. The maximum Gasteiger partial charge on any atom is 0.287 e. The van der Waals surface area contributed by atoms with E-state index in [0.29, 0.717) is 17.5 Å². The fourth-order valence-corrected chi connectivity index (χ4v) is 2.09. The first-order valence-electron chi connectivity index (χ1n) is 7.00. The quantitative estimate of drug-likeness (QED) is 0.779. The average Bonchev–Trinajstić information content (AvgIpc) is 3.26. The van der Waals surface area contributed by atoms with Gasteiger partial charge >= 0.3 is 0 Å². The number of aromatic nitrogens is 2. The Labute approximate surface area is 132 Å². The summed E-state index contributed by atoms with van der Waals surface area (Å²) in [5.41, 5.74) is 0.717. The van der Waals surface area contributed by atoms with Gasteiger partial charge in [-0.1, -0.05) is 17.3 Å². The molecule has 1 atom stereocenters. The summed E-state index contributed by atoms with van der Waals surface area (Å²) < 4.78 is 15.6. The van der Waals surface area contributed by atoms with Crippen LogP contribution in [0.4, 0.5) is 0 Å². The number of carbonyl (C=O) groups is 1. The summed E-state index contributed by atoms with van der Waals surface area (Å²) in [6.45, 7) is 1.75. The van der Waals surface area contributed by atoms with Crippen LogP contribution < -0.4 is 10.1 Å². The molecule has 0 aliphatic rings. The van der Waals surface area contributed by atoms with Crippen LogP contribution in [0.3, 0.4) is 0 Å². The Hall–Kier alpha value is -3.09. The van der Waals surface area contributed by atoms with Gasteiger partial charge in [0.15, 0.2) is 5.76 Å². The number of nitrogens with zero attached hydrogens (tertiary/aromatic N) is 2. The number of nitrogens with one attached hydrogen (secondary N) is 1. The molecule has 3 rings (SSSR count). The van der Waals surface area contributed by atoms with Crippen molar-refractivity contribution < 1.29 is 18.5 Å². The molecule has 0 unspecified atom stereocenters. The summed E-state index contributed by atoms with van der Waals surface area (Å²) in [6.07, 6.45) is 1.44. The Morgan fingerprint density at radius 3 is 2.83 bits per heavy atom. The van der Waals surface area contributed by atoms with Crippen LogP contribution in [0.25, 0.3) is 11.4 Å². The molecular weight excluding hydrogens is 298 g/mol. The Bertz CT molecular complexity index is 795.